The van der Waals surface area contributed by atoms with Gasteiger partial charge in [0, 0.05) is 21.8 Å². The van der Waals surface area contributed by atoms with Gasteiger partial charge < -0.3 is 10.4 Å². The molecule has 0 radical (unpaired) electrons. The van der Waals surface area contributed by atoms with Crippen LogP contribution in [0.5, 0.6) is 0 Å². The number of nitrogens with one attached hydrogen (secondary N) is 1. The van der Waals surface area contributed by atoms with Crippen LogP contribution in [-0.2, 0) is 25.8 Å². The van der Waals surface area contributed by atoms with Gasteiger partial charge in [-0.15, -0.1) is 11.3 Å². The summed E-state index contributed by atoms with van der Waals surface area (Å²) in [6, 6.07) is 13.1. The van der Waals surface area contributed by atoms with Gasteiger partial charge in [0.2, 0.25) is 0 Å². The minimum atomic E-state index is -0.176. The predicted octanol–water partition coefficient (Wildman–Crippen LogP) is 3.32. The molecule has 0 unspecified atom stereocenters. The molecule has 22 heavy (non-hydrogen) atoms. The van der Waals surface area contributed by atoms with E-state index in [-0.39, 0.29) is 12.1 Å². The van der Waals surface area contributed by atoms with Crippen LogP contribution in [0.4, 0.5) is 0 Å². The van der Waals surface area contributed by atoms with E-state index in [4.69, 9.17) is 0 Å². The van der Waals surface area contributed by atoms with Crippen LogP contribution in [0.1, 0.15) is 33.7 Å². The first-order chi connectivity index (χ1) is 10.8. The quantitative estimate of drug-likeness (QED) is 0.857. The number of aliphatic hydroxyl groups is 1. The largest absolute Gasteiger partial charge is 0.394 e. The summed E-state index contributed by atoms with van der Waals surface area (Å²) in [5.74, 6) is 0.951. The van der Waals surface area contributed by atoms with Crippen molar-refractivity contribution in [1.82, 2.24) is 5.32 Å². The van der Waals surface area contributed by atoms with Crippen molar-refractivity contribution < 1.29 is 5.11 Å². The fourth-order valence-corrected chi connectivity index (χ4v) is 4.57. The predicted molar refractivity (Wildman–Crippen MR) is 91.3 cm³/mol. The van der Waals surface area contributed by atoms with E-state index in [9.17, 15) is 5.11 Å². The smallest absolute Gasteiger partial charge is 0.0619 e. The Morgan fingerprint density at radius 1 is 1.05 bits per heavy atom. The minimum Gasteiger partial charge on any atom is -0.394 e. The van der Waals surface area contributed by atoms with Crippen LogP contribution < -0.4 is 5.32 Å². The SMILES string of the molecule is OCC1(NCc2ccc(CC3CC3)s2)Cc2ccccc2C1. The molecule has 1 saturated carbocycles. The van der Waals surface area contributed by atoms with E-state index in [1.807, 2.05) is 11.3 Å². The highest BCUT2D eigenvalue weighted by atomic mass is 32.1. The van der Waals surface area contributed by atoms with E-state index in [1.54, 1.807) is 0 Å². The fourth-order valence-electron chi connectivity index (χ4n) is 3.49. The lowest BCUT2D eigenvalue weighted by Crippen LogP contribution is -2.48. The van der Waals surface area contributed by atoms with Crippen molar-refractivity contribution in [2.75, 3.05) is 6.61 Å². The highest BCUT2D eigenvalue weighted by molar-refractivity contribution is 7.11. The molecule has 1 fully saturated rings. The van der Waals surface area contributed by atoms with E-state index in [0.717, 1.165) is 25.3 Å². The van der Waals surface area contributed by atoms with Crippen LogP contribution in [0, 0.1) is 5.92 Å². The molecule has 2 aromatic rings. The van der Waals surface area contributed by atoms with Crippen molar-refractivity contribution in [2.24, 2.45) is 5.92 Å². The Morgan fingerprint density at radius 2 is 1.73 bits per heavy atom. The lowest BCUT2D eigenvalue weighted by Gasteiger charge is -2.28. The highest BCUT2D eigenvalue weighted by Crippen LogP contribution is 2.35. The molecule has 2 N–H and O–H groups in total. The number of benzene rings is 1. The van der Waals surface area contributed by atoms with Gasteiger partial charge >= 0.3 is 0 Å². The average molecular weight is 313 g/mol. The van der Waals surface area contributed by atoms with Gasteiger partial charge in [0.25, 0.3) is 0 Å². The van der Waals surface area contributed by atoms with Crippen LogP contribution in [0.3, 0.4) is 0 Å². The summed E-state index contributed by atoms with van der Waals surface area (Å²) in [4.78, 5) is 2.91. The summed E-state index contributed by atoms with van der Waals surface area (Å²) in [6.45, 7) is 1.06. The third-order valence-corrected chi connectivity index (χ3v) is 6.13. The molecule has 4 rings (SSSR count). The van der Waals surface area contributed by atoms with Gasteiger partial charge in [0.1, 0.15) is 0 Å². The molecule has 2 nitrogen and oxygen atoms in total. The first kappa shape index (κ1) is 14.4. The lowest BCUT2D eigenvalue weighted by atomic mass is 9.97. The third kappa shape index (κ3) is 2.98. The van der Waals surface area contributed by atoms with Crippen molar-refractivity contribution in [3.8, 4) is 0 Å². The maximum absolute atomic E-state index is 9.94. The van der Waals surface area contributed by atoms with Crippen molar-refractivity contribution in [3.63, 3.8) is 0 Å². The molecule has 2 aliphatic carbocycles. The molecule has 0 spiro atoms. The van der Waals surface area contributed by atoms with E-state index < -0.39 is 0 Å². The van der Waals surface area contributed by atoms with Crippen molar-refractivity contribution >= 4 is 11.3 Å². The summed E-state index contributed by atoms with van der Waals surface area (Å²) in [7, 11) is 0. The Bertz CT molecular complexity index is 634. The normalized spacial score (nSPS) is 19.3. The molecule has 0 aliphatic heterocycles. The molecular weight excluding hydrogens is 290 g/mol. The van der Waals surface area contributed by atoms with Crippen LogP contribution in [0.15, 0.2) is 36.4 Å². The fraction of sp³-hybridized carbons (Fsp3) is 0.474. The summed E-state index contributed by atoms with van der Waals surface area (Å²) in [6.07, 6.45) is 5.95. The molecule has 0 atom stereocenters. The molecular formula is C19H23NOS. The van der Waals surface area contributed by atoms with E-state index >= 15 is 0 Å². The van der Waals surface area contributed by atoms with Crippen LogP contribution in [0.25, 0.3) is 0 Å². The minimum absolute atomic E-state index is 0.176. The van der Waals surface area contributed by atoms with Gasteiger partial charge in [-0.2, -0.15) is 0 Å². The third-order valence-electron chi connectivity index (χ3n) is 5.02. The number of aliphatic hydroxyl groups excluding tert-OH is 1. The van der Waals surface area contributed by atoms with Gasteiger partial charge in [-0.25, -0.2) is 0 Å². The van der Waals surface area contributed by atoms with E-state index in [1.165, 1.54) is 40.1 Å². The zero-order valence-corrected chi connectivity index (χ0v) is 13.7. The Balaban J connectivity index is 1.40. The molecule has 2 aliphatic rings. The van der Waals surface area contributed by atoms with Crippen molar-refractivity contribution in [1.29, 1.82) is 0 Å². The number of hydrogen-bond acceptors (Lipinski definition) is 3. The number of rotatable bonds is 6. The molecule has 0 bridgehead atoms. The Labute approximate surface area is 136 Å². The number of thiophene rings is 1. The zero-order chi connectivity index (χ0) is 15.0. The summed E-state index contributed by atoms with van der Waals surface area (Å²) in [5.41, 5.74) is 2.58. The van der Waals surface area contributed by atoms with Crippen LogP contribution in [0.2, 0.25) is 0 Å². The topological polar surface area (TPSA) is 32.3 Å². The lowest BCUT2D eigenvalue weighted by molar-refractivity contribution is 0.166. The maximum Gasteiger partial charge on any atom is 0.0619 e. The first-order valence-electron chi connectivity index (χ1n) is 8.27. The molecule has 1 aromatic carbocycles. The summed E-state index contributed by atoms with van der Waals surface area (Å²) < 4.78 is 0. The van der Waals surface area contributed by atoms with Crippen LogP contribution in [-0.4, -0.2) is 17.3 Å². The second-order valence-corrected chi connectivity index (χ2v) is 8.18. The van der Waals surface area contributed by atoms with E-state index in [0.29, 0.717) is 0 Å². The van der Waals surface area contributed by atoms with Gasteiger partial charge in [-0.1, -0.05) is 24.3 Å². The second-order valence-electron chi connectivity index (χ2n) is 6.93. The number of hydrogen-bond donors (Lipinski definition) is 2. The maximum atomic E-state index is 9.94. The Kier molecular flexibility index (Phi) is 3.81. The molecule has 1 aromatic heterocycles. The molecule has 0 saturated heterocycles. The van der Waals surface area contributed by atoms with Crippen molar-refractivity contribution in [3.05, 3.63) is 57.3 Å². The zero-order valence-electron chi connectivity index (χ0n) is 12.8. The second kappa shape index (κ2) is 5.80. The standard InChI is InChI=1S/C19H23NOS/c21-13-19(10-15-3-1-2-4-16(15)11-19)20-12-18-8-7-17(22-18)9-14-5-6-14/h1-4,7-8,14,20-21H,5-6,9-13H2. The molecule has 116 valence electrons. The Morgan fingerprint density at radius 3 is 2.36 bits per heavy atom. The van der Waals surface area contributed by atoms with E-state index in [2.05, 4.69) is 41.7 Å². The number of fused-ring (bicyclic) bond motifs is 1. The van der Waals surface area contributed by atoms with Crippen LogP contribution >= 0.6 is 11.3 Å². The summed E-state index contributed by atoms with van der Waals surface area (Å²) >= 11 is 1.93. The van der Waals surface area contributed by atoms with Gasteiger partial charge in [0.05, 0.1) is 6.61 Å². The Hall–Kier alpha value is -1.16. The average Bonchev–Trinajstić information content (AvgIpc) is 3.11. The molecule has 3 heteroatoms. The van der Waals surface area contributed by atoms with Gasteiger partial charge in [0.15, 0.2) is 0 Å². The first-order valence-corrected chi connectivity index (χ1v) is 9.08. The molecule has 1 heterocycles. The highest BCUT2D eigenvalue weighted by Gasteiger charge is 2.36. The van der Waals surface area contributed by atoms with Gasteiger partial charge in [-0.3, -0.25) is 0 Å². The van der Waals surface area contributed by atoms with Crippen molar-refractivity contribution in [2.45, 2.75) is 44.2 Å². The monoisotopic (exact) mass is 313 g/mol. The molecule has 0 amide bonds. The summed E-state index contributed by atoms with van der Waals surface area (Å²) in [5, 5.41) is 13.6. The van der Waals surface area contributed by atoms with Gasteiger partial charge in [-0.05, 0) is 61.3 Å².